The number of sulfonamides is 1. The molecule has 0 heterocycles. The lowest BCUT2D eigenvalue weighted by molar-refractivity contribution is -0.121. The zero-order valence-corrected chi connectivity index (χ0v) is 15.8. The lowest BCUT2D eigenvalue weighted by Crippen LogP contribution is -2.36. The number of rotatable bonds is 6. The van der Waals surface area contributed by atoms with Gasteiger partial charge in [-0.15, -0.1) is 0 Å². The van der Waals surface area contributed by atoms with Gasteiger partial charge in [-0.2, -0.15) is 9.41 Å². The van der Waals surface area contributed by atoms with Crippen LogP contribution in [0.3, 0.4) is 0 Å². The van der Waals surface area contributed by atoms with Gasteiger partial charge in [0.2, 0.25) is 10.0 Å². The monoisotopic (exact) mass is 417 g/mol. The molecule has 2 aromatic carbocycles. The van der Waals surface area contributed by atoms with Gasteiger partial charge in [-0.25, -0.2) is 18.2 Å². The van der Waals surface area contributed by atoms with Crippen LogP contribution in [-0.2, 0) is 14.8 Å². The minimum atomic E-state index is -3.86. The van der Waals surface area contributed by atoms with Crippen molar-refractivity contribution in [2.24, 2.45) is 5.10 Å². The number of hydrogen-bond donors (Lipinski definition) is 1. The van der Waals surface area contributed by atoms with Crippen molar-refractivity contribution in [1.82, 2.24) is 9.73 Å². The first-order valence-corrected chi connectivity index (χ1v) is 9.39. The van der Waals surface area contributed by atoms with Crippen LogP contribution in [0.4, 0.5) is 4.39 Å². The molecule has 0 fully saturated rings. The van der Waals surface area contributed by atoms with Gasteiger partial charge in [-0.3, -0.25) is 4.79 Å². The van der Waals surface area contributed by atoms with Crippen molar-refractivity contribution in [2.45, 2.75) is 4.90 Å². The lowest BCUT2D eigenvalue weighted by Gasteiger charge is -2.16. The minimum Gasteiger partial charge on any atom is -0.272 e. The van der Waals surface area contributed by atoms with Crippen molar-refractivity contribution >= 4 is 45.3 Å². The first kappa shape index (κ1) is 20.3. The molecule has 0 atom stereocenters. The fraction of sp³-hybridized carbons (Fsp3) is 0.125. The van der Waals surface area contributed by atoms with E-state index in [0.717, 1.165) is 10.5 Å². The van der Waals surface area contributed by atoms with Gasteiger partial charge in [0.15, 0.2) is 0 Å². The highest BCUT2D eigenvalue weighted by molar-refractivity contribution is 7.89. The third kappa shape index (κ3) is 5.01. The molecule has 0 spiro atoms. The van der Waals surface area contributed by atoms with Gasteiger partial charge >= 0.3 is 0 Å². The Morgan fingerprint density at radius 1 is 1.23 bits per heavy atom. The molecule has 6 nitrogen and oxygen atoms in total. The number of benzene rings is 2. The van der Waals surface area contributed by atoms with Crippen molar-refractivity contribution in [2.75, 3.05) is 13.6 Å². The summed E-state index contributed by atoms with van der Waals surface area (Å²) in [6.07, 6.45) is 1.04. The first-order chi connectivity index (χ1) is 12.2. The molecular weight excluding hydrogens is 404 g/mol. The van der Waals surface area contributed by atoms with E-state index < -0.39 is 28.3 Å². The zero-order chi connectivity index (χ0) is 19.3. The number of nitrogens with zero attached hydrogens (tertiary/aromatic N) is 2. The predicted octanol–water partition coefficient (Wildman–Crippen LogP) is 2.90. The topological polar surface area (TPSA) is 78.8 Å². The van der Waals surface area contributed by atoms with Gasteiger partial charge in [0.05, 0.1) is 22.7 Å². The first-order valence-electron chi connectivity index (χ1n) is 7.19. The maximum absolute atomic E-state index is 13.6. The van der Waals surface area contributed by atoms with Crippen molar-refractivity contribution in [3.8, 4) is 0 Å². The van der Waals surface area contributed by atoms with Crippen molar-refractivity contribution in [3.63, 3.8) is 0 Å². The summed E-state index contributed by atoms with van der Waals surface area (Å²) < 4.78 is 39.2. The summed E-state index contributed by atoms with van der Waals surface area (Å²) in [5.74, 6) is -1.30. The number of hydrogen-bond acceptors (Lipinski definition) is 4. The van der Waals surface area contributed by atoms with Crippen LogP contribution >= 0.6 is 23.2 Å². The molecule has 0 aliphatic heterocycles. The molecule has 10 heteroatoms. The van der Waals surface area contributed by atoms with Gasteiger partial charge in [-0.1, -0.05) is 29.3 Å². The second-order valence-corrected chi connectivity index (χ2v) is 8.03. The summed E-state index contributed by atoms with van der Waals surface area (Å²) in [6.45, 7) is -0.479. The van der Waals surface area contributed by atoms with Crippen LogP contribution in [0.5, 0.6) is 0 Å². The predicted molar refractivity (Wildman–Crippen MR) is 98.4 cm³/mol. The molecule has 0 aliphatic carbocycles. The van der Waals surface area contributed by atoms with E-state index in [0.29, 0.717) is 5.02 Å². The fourth-order valence-electron chi connectivity index (χ4n) is 1.91. The summed E-state index contributed by atoms with van der Waals surface area (Å²) >= 11 is 11.6. The highest BCUT2D eigenvalue weighted by Crippen LogP contribution is 2.18. The zero-order valence-electron chi connectivity index (χ0n) is 13.5. The minimum absolute atomic E-state index is 0.00107. The Balaban J connectivity index is 2.01. The largest absolute Gasteiger partial charge is 0.272 e. The molecule has 2 rings (SSSR count). The van der Waals surface area contributed by atoms with Gasteiger partial charge in [0.1, 0.15) is 5.82 Å². The number of nitrogens with one attached hydrogen (secondary N) is 1. The Hall–Kier alpha value is -2.00. The normalized spacial score (nSPS) is 11.9. The molecule has 26 heavy (non-hydrogen) atoms. The second-order valence-electron chi connectivity index (χ2n) is 5.14. The van der Waals surface area contributed by atoms with E-state index in [9.17, 15) is 17.6 Å². The molecule has 0 aromatic heterocycles. The van der Waals surface area contributed by atoms with E-state index >= 15 is 0 Å². The van der Waals surface area contributed by atoms with E-state index in [1.165, 1.54) is 49.5 Å². The van der Waals surface area contributed by atoms with E-state index in [-0.39, 0.29) is 15.5 Å². The van der Waals surface area contributed by atoms with Crippen molar-refractivity contribution in [1.29, 1.82) is 0 Å². The molecule has 2 aromatic rings. The lowest BCUT2D eigenvalue weighted by atomic mass is 10.2. The molecular formula is C16H14Cl2FN3O3S. The van der Waals surface area contributed by atoms with Crippen LogP contribution in [0.15, 0.2) is 52.5 Å². The SMILES string of the molecule is CN(CC(=O)N/N=C\c1c(F)cccc1Cl)S(=O)(=O)c1ccc(Cl)cc1. The fourth-order valence-corrected chi connectivity index (χ4v) is 3.38. The number of amides is 1. The van der Waals surface area contributed by atoms with Crippen LogP contribution < -0.4 is 5.43 Å². The van der Waals surface area contributed by atoms with E-state index in [1.807, 2.05) is 0 Å². The third-order valence-corrected chi connectivity index (χ3v) is 5.67. The average Bonchev–Trinajstić information content (AvgIpc) is 2.58. The number of hydrazone groups is 1. The van der Waals surface area contributed by atoms with Crippen LogP contribution in [-0.4, -0.2) is 38.4 Å². The Labute approximate surface area is 160 Å². The molecule has 1 N–H and O–H groups in total. The molecule has 1 amide bonds. The van der Waals surface area contributed by atoms with Crippen LogP contribution in [0.2, 0.25) is 10.0 Å². The molecule has 0 bridgehead atoms. The maximum Gasteiger partial charge on any atom is 0.255 e. The number of carbonyl (C=O) groups is 1. The van der Waals surface area contributed by atoms with Gasteiger partial charge < -0.3 is 0 Å². The molecule has 0 unspecified atom stereocenters. The summed E-state index contributed by atoms with van der Waals surface area (Å²) in [6, 6.07) is 9.65. The molecule has 0 saturated carbocycles. The standard InChI is InChI=1S/C16H14Cl2FN3O3S/c1-22(26(24,25)12-7-5-11(17)6-8-12)10-16(23)21-20-9-13-14(18)3-2-4-15(13)19/h2-9H,10H2,1H3,(H,21,23)/b20-9-. The number of carbonyl (C=O) groups excluding carboxylic acids is 1. The van der Waals surface area contributed by atoms with Crippen LogP contribution in [0, 0.1) is 5.82 Å². The van der Waals surface area contributed by atoms with E-state index in [4.69, 9.17) is 23.2 Å². The highest BCUT2D eigenvalue weighted by atomic mass is 35.5. The summed E-state index contributed by atoms with van der Waals surface area (Å²) in [5, 5.41) is 4.12. The van der Waals surface area contributed by atoms with Crippen molar-refractivity contribution in [3.05, 3.63) is 63.9 Å². The molecule has 0 aliphatic rings. The Morgan fingerprint density at radius 2 is 1.88 bits per heavy atom. The number of likely N-dealkylation sites (N-methyl/N-ethyl adjacent to an activating group) is 1. The van der Waals surface area contributed by atoms with Gasteiger partial charge in [0.25, 0.3) is 5.91 Å². The summed E-state index contributed by atoms with van der Waals surface area (Å²) in [7, 11) is -2.61. The highest BCUT2D eigenvalue weighted by Gasteiger charge is 2.22. The summed E-state index contributed by atoms with van der Waals surface area (Å²) in [5.41, 5.74) is 2.14. The Morgan fingerprint density at radius 3 is 2.50 bits per heavy atom. The maximum atomic E-state index is 13.6. The Kier molecular flexibility index (Phi) is 6.71. The summed E-state index contributed by atoms with van der Waals surface area (Å²) in [4.78, 5) is 11.9. The van der Waals surface area contributed by atoms with E-state index in [1.54, 1.807) is 0 Å². The molecule has 138 valence electrons. The van der Waals surface area contributed by atoms with Crippen LogP contribution in [0.1, 0.15) is 5.56 Å². The van der Waals surface area contributed by atoms with Gasteiger partial charge in [-0.05, 0) is 36.4 Å². The second kappa shape index (κ2) is 8.59. The quantitative estimate of drug-likeness (QED) is 0.579. The smallest absolute Gasteiger partial charge is 0.255 e. The average molecular weight is 418 g/mol. The van der Waals surface area contributed by atoms with Gasteiger partial charge in [0, 0.05) is 17.6 Å². The van der Waals surface area contributed by atoms with Crippen molar-refractivity contribution < 1.29 is 17.6 Å². The number of halogens is 3. The van der Waals surface area contributed by atoms with Crippen LogP contribution in [0.25, 0.3) is 0 Å². The van der Waals surface area contributed by atoms with E-state index in [2.05, 4.69) is 10.5 Å². The molecule has 0 radical (unpaired) electrons. The molecule has 0 saturated heterocycles. The Bertz CT molecular complexity index is 914. The third-order valence-electron chi connectivity index (χ3n) is 3.27.